The molecule has 2 heterocycles. The molecule has 0 spiro atoms. The van der Waals surface area contributed by atoms with Crippen molar-refractivity contribution in [3.05, 3.63) is 80.5 Å². The summed E-state index contributed by atoms with van der Waals surface area (Å²) in [5, 5.41) is 9.36. The number of thiophene rings is 1. The molecule has 200 valence electrons. The van der Waals surface area contributed by atoms with Crippen molar-refractivity contribution >= 4 is 22.9 Å². The molecule has 3 aromatic rings. The SMILES string of the molecule is CC1=C(CN2CC(C)(C(=O)O)C2)CCc2cc(OCc3sc(C(F)(F)F)c(-c4ccccc4)c3C)ccc21. The highest BCUT2D eigenvalue weighted by Gasteiger charge is 2.45. The maximum absolute atomic E-state index is 13.9. The number of nitrogens with zero attached hydrogens (tertiary/aromatic N) is 1. The zero-order valence-electron chi connectivity index (χ0n) is 21.6. The summed E-state index contributed by atoms with van der Waals surface area (Å²) in [6.07, 6.45) is -2.70. The van der Waals surface area contributed by atoms with Crippen molar-refractivity contribution < 1.29 is 27.8 Å². The standard InChI is InChI=1S/C30H30F3NO3S/c1-18-22(14-34-16-29(3,17-34)28(35)36)10-9-21-13-23(11-12-24(18)21)37-15-25-19(2)26(20-7-5-4-6-8-20)27(38-25)30(31,32)33/h4-8,11-13H,9-10,14-17H2,1-3H3,(H,35,36). The third-order valence-electron chi connectivity index (χ3n) is 7.72. The number of fused-ring (bicyclic) bond motifs is 1. The fourth-order valence-electron chi connectivity index (χ4n) is 5.55. The van der Waals surface area contributed by atoms with Crippen molar-refractivity contribution in [3.63, 3.8) is 0 Å². The Morgan fingerprint density at radius 1 is 1.11 bits per heavy atom. The summed E-state index contributed by atoms with van der Waals surface area (Å²) in [6, 6.07) is 14.6. The van der Waals surface area contributed by atoms with E-state index in [0.717, 1.165) is 41.9 Å². The molecular formula is C30H30F3NO3S. The molecule has 1 N–H and O–H groups in total. The van der Waals surface area contributed by atoms with Crippen LogP contribution in [0.2, 0.25) is 0 Å². The molecule has 1 saturated heterocycles. The van der Waals surface area contributed by atoms with Gasteiger partial charge in [0, 0.05) is 30.1 Å². The van der Waals surface area contributed by atoms with Gasteiger partial charge < -0.3 is 9.84 Å². The molecule has 4 nitrogen and oxygen atoms in total. The van der Waals surface area contributed by atoms with Crippen LogP contribution in [0.5, 0.6) is 5.75 Å². The van der Waals surface area contributed by atoms with E-state index < -0.39 is 22.4 Å². The van der Waals surface area contributed by atoms with E-state index in [2.05, 4.69) is 11.8 Å². The minimum atomic E-state index is -4.44. The van der Waals surface area contributed by atoms with Gasteiger partial charge in [0.15, 0.2) is 0 Å². The summed E-state index contributed by atoms with van der Waals surface area (Å²) in [6.45, 7) is 7.58. The second kappa shape index (κ2) is 9.89. The molecule has 0 bridgehead atoms. The summed E-state index contributed by atoms with van der Waals surface area (Å²) in [4.78, 5) is 13.5. The van der Waals surface area contributed by atoms with E-state index in [1.165, 1.54) is 11.1 Å². The molecule has 5 rings (SSSR count). The maximum atomic E-state index is 13.9. The molecule has 0 radical (unpaired) electrons. The summed E-state index contributed by atoms with van der Waals surface area (Å²) >= 11 is 0.753. The zero-order valence-corrected chi connectivity index (χ0v) is 22.4. The molecule has 1 aliphatic heterocycles. The number of rotatable bonds is 7. The third-order valence-corrected chi connectivity index (χ3v) is 9.03. The van der Waals surface area contributed by atoms with E-state index in [1.54, 1.807) is 44.2 Å². The Bertz CT molecular complexity index is 1400. The Hall–Kier alpha value is -3.10. The van der Waals surface area contributed by atoms with Crippen molar-refractivity contribution in [3.8, 4) is 16.9 Å². The smallest absolute Gasteiger partial charge is 0.426 e. The molecule has 0 unspecified atom stereocenters. The van der Waals surface area contributed by atoms with Crippen molar-refractivity contribution in [1.29, 1.82) is 0 Å². The fraction of sp³-hybridized carbons (Fsp3) is 0.367. The fourth-order valence-corrected chi connectivity index (χ4v) is 6.66. The summed E-state index contributed by atoms with van der Waals surface area (Å²) in [5.74, 6) is -0.104. The predicted molar refractivity (Wildman–Crippen MR) is 143 cm³/mol. The van der Waals surface area contributed by atoms with Gasteiger partial charge in [-0.05, 0) is 73.6 Å². The van der Waals surface area contributed by atoms with Crippen LogP contribution in [-0.2, 0) is 24.0 Å². The van der Waals surface area contributed by atoms with Crippen molar-refractivity contribution in [2.75, 3.05) is 19.6 Å². The molecule has 1 aliphatic carbocycles. The number of carbonyl (C=O) groups is 1. The molecule has 0 atom stereocenters. The first-order valence-electron chi connectivity index (χ1n) is 12.6. The third kappa shape index (κ3) is 4.99. The number of hydrogen-bond donors (Lipinski definition) is 1. The normalized spacial score (nSPS) is 17.2. The number of carboxylic acid groups (broad SMARTS) is 1. The molecular weight excluding hydrogens is 511 g/mol. The van der Waals surface area contributed by atoms with Gasteiger partial charge in [0.05, 0.1) is 5.41 Å². The lowest BCUT2D eigenvalue weighted by Crippen LogP contribution is -2.59. The lowest BCUT2D eigenvalue weighted by atomic mass is 9.80. The second-order valence-electron chi connectivity index (χ2n) is 10.6. The number of likely N-dealkylation sites (tertiary alicyclic amines) is 1. The number of ether oxygens (including phenoxy) is 1. The summed E-state index contributed by atoms with van der Waals surface area (Å²) in [5.41, 5.74) is 5.56. The largest absolute Gasteiger partial charge is 0.488 e. The maximum Gasteiger partial charge on any atom is 0.426 e. The topological polar surface area (TPSA) is 49.8 Å². The van der Waals surface area contributed by atoms with Crippen molar-refractivity contribution in [2.45, 2.75) is 46.4 Å². The number of carboxylic acids is 1. The molecule has 8 heteroatoms. The van der Waals surface area contributed by atoms with Crippen LogP contribution >= 0.6 is 11.3 Å². The van der Waals surface area contributed by atoms with E-state index >= 15 is 0 Å². The molecule has 2 aliphatic rings. The average molecular weight is 542 g/mol. The van der Waals surface area contributed by atoms with E-state index in [9.17, 15) is 23.1 Å². The lowest BCUT2D eigenvalue weighted by molar-refractivity contribution is -0.158. The lowest BCUT2D eigenvalue weighted by Gasteiger charge is -2.45. The van der Waals surface area contributed by atoms with Crippen LogP contribution in [0.3, 0.4) is 0 Å². The zero-order chi connectivity index (χ0) is 27.2. The number of aliphatic carboxylic acids is 1. The molecule has 38 heavy (non-hydrogen) atoms. The van der Waals surface area contributed by atoms with Crippen LogP contribution in [-0.4, -0.2) is 35.6 Å². The summed E-state index contributed by atoms with van der Waals surface area (Å²) < 4.78 is 47.6. The number of alkyl halides is 3. The van der Waals surface area contributed by atoms with Gasteiger partial charge in [0.25, 0.3) is 0 Å². The first-order chi connectivity index (χ1) is 18.0. The van der Waals surface area contributed by atoms with E-state index in [-0.39, 0.29) is 12.2 Å². The van der Waals surface area contributed by atoms with E-state index in [1.807, 2.05) is 18.2 Å². The highest BCUT2D eigenvalue weighted by Crippen LogP contribution is 2.46. The van der Waals surface area contributed by atoms with Gasteiger partial charge in [0.2, 0.25) is 0 Å². The van der Waals surface area contributed by atoms with Gasteiger partial charge in [-0.3, -0.25) is 9.69 Å². The average Bonchev–Trinajstić information content (AvgIpc) is 3.20. The van der Waals surface area contributed by atoms with E-state index in [4.69, 9.17) is 4.74 Å². The molecule has 2 aromatic carbocycles. The Labute approximate surface area is 224 Å². The molecule has 0 amide bonds. The Kier molecular flexibility index (Phi) is 6.90. The Balaban J connectivity index is 1.31. The highest BCUT2D eigenvalue weighted by molar-refractivity contribution is 7.12. The monoisotopic (exact) mass is 541 g/mol. The number of hydrogen-bond acceptors (Lipinski definition) is 4. The van der Waals surface area contributed by atoms with Crippen LogP contribution in [0.1, 0.15) is 46.7 Å². The molecule has 1 aromatic heterocycles. The van der Waals surface area contributed by atoms with Crippen LogP contribution in [0.25, 0.3) is 16.7 Å². The summed E-state index contributed by atoms with van der Waals surface area (Å²) in [7, 11) is 0. The van der Waals surface area contributed by atoms with Gasteiger partial charge in [-0.15, -0.1) is 11.3 Å². The second-order valence-corrected chi connectivity index (χ2v) is 11.7. The van der Waals surface area contributed by atoms with Crippen LogP contribution < -0.4 is 4.74 Å². The number of allylic oxidation sites excluding steroid dienone is 1. The Morgan fingerprint density at radius 3 is 2.47 bits per heavy atom. The highest BCUT2D eigenvalue weighted by atomic mass is 32.1. The van der Waals surface area contributed by atoms with Crippen LogP contribution in [0.4, 0.5) is 13.2 Å². The van der Waals surface area contributed by atoms with Gasteiger partial charge >= 0.3 is 12.1 Å². The van der Waals surface area contributed by atoms with Crippen molar-refractivity contribution in [1.82, 2.24) is 4.90 Å². The van der Waals surface area contributed by atoms with Crippen molar-refractivity contribution in [2.24, 2.45) is 5.41 Å². The minimum absolute atomic E-state index is 0.0720. The quantitative estimate of drug-likeness (QED) is 0.338. The molecule has 1 fully saturated rings. The van der Waals surface area contributed by atoms with Gasteiger partial charge in [-0.1, -0.05) is 42.0 Å². The first kappa shape index (κ1) is 26.5. The predicted octanol–water partition coefficient (Wildman–Crippen LogP) is 7.45. The van der Waals surface area contributed by atoms with Gasteiger partial charge in [-0.2, -0.15) is 13.2 Å². The Morgan fingerprint density at radius 2 is 1.82 bits per heavy atom. The van der Waals surface area contributed by atoms with Crippen LogP contribution in [0, 0.1) is 12.3 Å². The number of halogens is 3. The van der Waals surface area contributed by atoms with Gasteiger partial charge in [-0.25, -0.2) is 0 Å². The van der Waals surface area contributed by atoms with Gasteiger partial charge in [0.1, 0.15) is 17.2 Å². The minimum Gasteiger partial charge on any atom is -0.488 e. The number of benzene rings is 2. The first-order valence-corrected chi connectivity index (χ1v) is 13.4. The molecule has 0 saturated carbocycles. The van der Waals surface area contributed by atoms with E-state index in [0.29, 0.717) is 34.8 Å². The number of aryl methyl sites for hydroxylation is 1. The van der Waals surface area contributed by atoms with Crippen LogP contribution in [0.15, 0.2) is 54.1 Å².